The predicted octanol–water partition coefficient (Wildman–Crippen LogP) is 2.20. The van der Waals surface area contributed by atoms with Gasteiger partial charge in [-0.25, -0.2) is 18.4 Å². The van der Waals surface area contributed by atoms with Gasteiger partial charge in [-0.2, -0.15) is 0 Å². The Morgan fingerprint density at radius 2 is 1.96 bits per heavy atom. The van der Waals surface area contributed by atoms with E-state index in [0.29, 0.717) is 24.7 Å². The molecule has 8 heteroatoms. The van der Waals surface area contributed by atoms with E-state index in [-0.39, 0.29) is 0 Å². The predicted molar refractivity (Wildman–Crippen MR) is 92.0 cm³/mol. The first kappa shape index (κ1) is 16.9. The van der Waals surface area contributed by atoms with Crippen LogP contribution in [0.3, 0.4) is 0 Å². The van der Waals surface area contributed by atoms with Crippen LogP contribution >= 0.6 is 0 Å². The summed E-state index contributed by atoms with van der Waals surface area (Å²) in [5.74, 6) is 1.17. The van der Waals surface area contributed by atoms with Crippen molar-refractivity contribution in [3.8, 4) is 11.4 Å². The highest BCUT2D eigenvalue weighted by Gasteiger charge is 2.20. The van der Waals surface area contributed by atoms with Crippen LogP contribution in [0.1, 0.15) is 17.0 Å². The third-order valence-electron chi connectivity index (χ3n) is 4.31. The molecule has 134 valence electrons. The monoisotopic (exact) mass is 370 g/mol. The lowest BCUT2D eigenvalue weighted by molar-refractivity contribution is 0.216. The van der Waals surface area contributed by atoms with E-state index in [1.54, 1.807) is 0 Å². The molecule has 0 bridgehead atoms. The van der Waals surface area contributed by atoms with Crippen LogP contribution in [0.4, 0.5) is 0 Å². The summed E-state index contributed by atoms with van der Waals surface area (Å²) in [6.07, 6.45) is 2.61. The normalized spacial score (nSPS) is 15.0. The standard InChI is InChI=1S/C18H17N3O4S/c22-26(23,24)17-7-6-15(25-17)12-21-9-8-16-14(11-21)10-19-18(20-16)13-4-2-1-3-5-13/h1-7,10H,8-9,11-12H2,(H,22,23,24)/p-1. The maximum absolute atomic E-state index is 11.0. The van der Waals surface area contributed by atoms with Gasteiger partial charge >= 0.3 is 0 Å². The SMILES string of the molecule is O=S(=O)([O-])c1ccc(CN2CCc3nc(-c4ccccc4)ncc3C2)o1. The Morgan fingerprint density at radius 1 is 1.15 bits per heavy atom. The Kier molecular flexibility index (Phi) is 4.31. The van der Waals surface area contributed by atoms with Crippen molar-refractivity contribution >= 4 is 10.1 Å². The van der Waals surface area contributed by atoms with Crippen LogP contribution < -0.4 is 0 Å². The maximum atomic E-state index is 11.0. The van der Waals surface area contributed by atoms with Gasteiger partial charge in [-0.05, 0) is 12.1 Å². The summed E-state index contributed by atoms with van der Waals surface area (Å²) in [5.41, 5.74) is 3.05. The first-order valence-electron chi connectivity index (χ1n) is 8.16. The quantitative estimate of drug-likeness (QED) is 0.649. The van der Waals surface area contributed by atoms with Crippen molar-refractivity contribution in [2.75, 3.05) is 6.54 Å². The fourth-order valence-corrected chi connectivity index (χ4v) is 3.48. The fourth-order valence-electron chi connectivity index (χ4n) is 3.03. The molecule has 0 saturated heterocycles. The second-order valence-electron chi connectivity index (χ2n) is 6.17. The Labute approximate surface area is 151 Å². The van der Waals surface area contributed by atoms with Gasteiger partial charge in [-0.15, -0.1) is 0 Å². The zero-order valence-corrected chi connectivity index (χ0v) is 14.6. The van der Waals surface area contributed by atoms with Crippen LogP contribution in [0.15, 0.2) is 58.2 Å². The van der Waals surface area contributed by atoms with Crippen LogP contribution in [-0.4, -0.2) is 34.4 Å². The molecular weight excluding hydrogens is 354 g/mol. The number of rotatable bonds is 4. The zero-order chi connectivity index (χ0) is 18.1. The lowest BCUT2D eigenvalue weighted by atomic mass is 10.1. The lowest BCUT2D eigenvalue weighted by Crippen LogP contribution is -2.30. The van der Waals surface area contributed by atoms with Gasteiger partial charge in [0, 0.05) is 36.8 Å². The molecule has 3 aromatic rings. The number of hydrogen-bond donors (Lipinski definition) is 0. The first-order valence-corrected chi connectivity index (χ1v) is 9.57. The summed E-state index contributed by atoms with van der Waals surface area (Å²) in [5, 5.41) is -0.541. The van der Waals surface area contributed by atoms with Crippen LogP contribution in [0, 0.1) is 0 Å². The van der Waals surface area contributed by atoms with E-state index in [0.717, 1.165) is 29.8 Å². The highest BCUT2D eigenvalue weighted by atomic mass is 32.2. The molecule has 26 heavy (non-hydrogen) atoms. The van der Waals surface area contributed by atoms with Crippen LogP contribution in [-0.2, 0) is 29.6 Å². The van der Waals surface area contributed by atoms with E-state index in [1.807, 2.05) is 36.5 Å². The highest BCUT2D eigenvalue weighted by Crippen LogP contribution is 2.23. The molecule has 0 atom stereocenters. The second kappa shape index (κ2) is 6.64. The third kappa shape index (κ3) is 3.52. The smallest absolute Gasteiger partial charge is 0.205 e. The molecule has 0 spiro atoms. The Balaban J connectivity index is 1.49. The number of benzene rings is 1. The number of aromatic nitrogens is 2. The van der Waals surface area contributed by atoms with Gasteiger partial charge in [0.2, 0.25) is 5.09 Å². The molecule has 0 N–H and O–H groups in total. The van der Waals surface area contributed by atoms with Gasteiger partial charge in [0.1, 0.15) is 5.76 Å². The summed E-state index contributed by atoms with van der Waals surface area (Å²) in [6, 6.07) is 12.6. The minimum atomic E-state index is -4.56. The second-order valence-corrected chi connectivity index (χ2v) is 7.48. The summed E-state index contributed by atoms with van der Waals surface area (Å²) < 4.78 is 38.1. The van der Waals surface area contributed by atoms with Gasteiger partial charge in [0.15, 0.2) is 15.9 Å². The molecule has 2 aromatic heterocycles. The Morgan fingerprint density at radius 3 is 2.69 bits per heavy atom. The molecule has 4 rings (SSSR count). The van der Waals surface area contributed by atoms with Crippen molar-refractivity contribution in [2.24, 2.45) is 0 Å². The molecule has 0 unspecified atom stereocenters. The summed E-state index contributed by atoms with van der Waals surface area (Å²) in [7, 11) is -4.56. The van der Waals surface area contributed by atoms with Crippen molar-refractivity contribution in [3.05, 3.63) is 65.7 Å². The number of hydrogen-bond acceptors (Lipinski definition) is 7. The maximum Gasteiger partial charge on any atom is 0.205 e. The van der Waals surface area contributed by atoms with E-state index in [4.69, 9.17) is 4.42 Å². The largest absolute Gasteiger partial charge is 0.742 e. The summed E-state index contributed by atoms with van der Waals surface area (Å²) in [4.78, 5) is 11.2. The molecule has 0 saturated carbocycles. The van der Waals surface area contributed by atoms with Gasteiger partial charge in [0.25, 0.3) is 0 Å². The van der Waals surface area contributed by atoms with Crippen LogP contribution in [0.2, 0.25) is 0 Å². The topological polar surface area (TPSA) is 99.4 Å². The fraction of sp³-hybridized carbons (Fsp3) is 0.222. The van der Waals surface area contributed by atoms with Crippen molar-refractivity contribution < 1.29 is 17.4 Å². The zero-order valence-electron chi connectivity index (χ0n) is 13.8. The average Bonchev–Trinajstić information content (AvgIpc) is 3.11. The van der Waals surface area contributed by atoms with E-state index in [2.05, 4.69) is 14.9 Å². The minimum absolute atomic E-state index is 0.426. The number of furan rings is 1. The van der Waals surface area contributed by atoms with Gasteiger partial charge in [-0.1, -0.05) is 30.3 Å². The van der Waals surface area contributed by atoms with Crippen LogP contribution in [0.5, 0.6) is 0 Å². The van der Waals surface area contributed by atoms with E-state index in [9.17, 15) is 13.0 Å². The van der Waals surface area contributed by atoms with Gasteiger partial charge in [0.05, 0.1) is 12.2 Å². The molecule has 0 amide bonds. The first-order chi connectivity index (χ1) is 12.5. The van der Waals surface area contributed by atoms with Crippen molar-refractivity contribution in [2.45, 2.75) is 24.6 Å². The van der Waals surface area contributed by atoms with E-state index < -0.39 is 15.2 Å². The molecule has 0 fully saturated rings. The Hall–Kier alpha value is -2.55. The van der Waals surface area contributed by atoms with Crippen molar-refractivity contribution in [1.29, 1.82) is 0 Å². The molecule has 0 aliphatic carbocycles. The highest BCUT2D eigenvalue weighted by molar-refractivity contribution is 7.85. The van der Waals surface area contributed by atoms with Crippen molar-refractivity contribution in [3.63, 3.8) is 0 Å². The minimum Gasteiger partial charge on any atom is -0.742 e. The molecule has 7 nitrogen and oxygen atoms in total. The summed E-state index contributed by atoms with van der Waals surface area (Å²) in [6.45, 7) is 1.83. The van der Waals surface area contributed by atoms with Gasteiger partial charge < -0.3 is 8.97 Å². The van der Waals surface area contributed by atoms with E-state index in [1.165, 1.54) is 12.1 Å². The third-order valence-corrected chi connectivity index (χ3v) is 5.02. The average molecular weight is 370 g/mol. The summed E-state index contributed by atoms with van der Waals surface area (Å²) >= 11 is 0. The van der Waals surface area contributed by atoms with Crippen LogP contribution in [0.25, 0.3) is 11.4 Å². The molecule has 3 heterocycles. The van der Waals surface area contributed by atoms with Gasteiger partial charge in [-0.3, -0.25) is 4.90 Å². The Bertz CT molecular complexity index is 1030. The lowest BCUT2D eigenvalue weighted by Gasteiger charge is -2.27. The molecule has 0 radical (unpaired) electrons. The number of nitrogens with zero attached hydrogens (tertiary/aromatic N) is 3. The van der Waals surface area contributed by atoms with E-state index >= 15 is 0 Å². The molecule has 1 aromatic carbocycles. The molecule has 1 aliphatic heterocycles. The molecular formula is C18H16N3O4S-. The number of fused-ring (bicyclic) bond motifs is 1. The van der Waals surface area contributed by atoms with Crippen molar-refractivity contribution in [1.82, 2.24) is 14.9 Å². The molecule has 1 aliphatic rings.